The third kappa shape index (κ3) is 7.25. The fourth-order valence-electron chi connectivity index (χ4n) is 1.89. The Morgan fingerprint density at radius 1 is 1.00 bits per heavy atom. The van der Waals surface area contributed by atoms with Gasteiger partial charge in [0.05, 0.1) is 13.2 Å². The molecule has 0 saturated carbocycles. The Morgan fingerprint density at radius 3 is 2.27 bits per heavy atom. The van der Waals surface area contributed by atoms with E-state index in [9.17, 15) is 14.4 Å². The van der Waals surface area contributed by atoms with Gasteiger partial charge >= 0.3 is 11.8 Å². The minimum Gasteiger partial charge on any atom is -0.490 e. The number of rotatable bonds is 7. The third-order valence-electron chi connectivity index (χ3n) is 2.92. The Bertz CT molecular complexity index is 671. The number of amides is 3. The van der Waals surface area contributed by atoms with Gasteiger partial charge in [-0.2, -0.15) is 0 Å². The van der Waals surface area contributed by atoms with Gasteiger partial charge in [0.15, 0.2) is 11.5 Å². The van der Waals surface area contributed by atoms with Crippen molar-refractivity contribution in [2.24, 2.45) is 0 Å². The lowest BCUT2D eigenvalue weighted by molar-refractivity contribution is -0.140. The van der Waals surface area contributed by atoms with Gasteiger partial charge in [-0.25, -0.2) is 0 Å². The monoisotopic (exact) mass is 363 g/mol. The Morgan fingerprint density at radius 2 is 1.65 bits per heavy atom. The fraction of sp³-hybridized carbons (Fsp3) is 0.389. The largest absolute Gasteiger partial charge is 0.490 e. The molecule has 0 aliphatic carbocycles. The van der Waals surface area contributed by atoms with Crippen LogP contribution in [0.2, 0.25) is 0 Å². The second kappa shape index (κ2) is 10.8. The SMILES string of the molecule is CCOc1ccc(/C=C/C(=O)NNC(=O)C(=O)NC(C)C)cc1OCC. The van der Waals surface area contributed by atoms with Crippen LogP contribution in [0.15, 0.2) is 24.3 Å². The normalized spacial score (nSPS) is 10.5. The van der Waals surface area contributed by atoms with Gasteiger partial charge in [0.25, 0.3) is 5.91 Å². The van der Waals surface area contributed by atoms with E-state index in [4.69, 9.17) is 9.47 Å². The molecule has 3 N–H and O–H groups in total. The Hall–Kier alpha value is -3.03. The molecule has 0 aliphatic rings. The summed E-state index contributed by atoms with van der Waals surface area (Å²) in [5.74, 6) is -1.14. The topological polar surface area (TPSA) is 106 Å². The van der Waals surface area contributed by atoms with Crippen LogP contribution in [0.4, 0.5) is 0 Å². The highest BCUT2D eigenvalue weighted by atomic mass is 16.5. The molecule has 0 bridgehead atoms. The molecule has 0 aliphatic heterocycles. The highest BCUT2D eigenvalue weighted by molar-refractivity contribution is 6.35. The lowest BCUT2D eigenvalue weighted by atomic mass is 10.2. The molecule has 8 heteroatoms. The number of nitrogens with one attached hydrogen (secondary N) is 3. The Kier molecular flexibility index (Phi) is 8.69. The van der Waals surface area contributed by atoms with Crippen molar-refractivity contribution in [3.63, 3.8) is 0 Å². The van der Waals surface area contributed by atoms with Crippen LogP contribution < -0.4 is 25.6 Å². The second-order valence-electron chi connectivity index (χ2n) is 5.48. The molecule has 0 spiro atoms. The molecular formula is C18H25N3O5. The molecule has 1 rings (SSSR count). The first kappa shape index (κ1) is 21.0. The van der Waals surface area contributed by atoms with E-state index in [0.29, 0.717) is 24.7 Å². The van der Waals surface area contributed by atoms with Gasteiger partial charge < -0.3 is 14.8 Å². The minimum atomic E-state index is -0.944. The summed E-state index contributed by atoms with van der Waals surface area (Å²) in [7, 11) is 0. The van der Waals surface area contributed by atoms with Crippen LogP contribution in [0, 0.1) is 0 Å². The number of carbonyl (C=O) groups is 3. The average Bonchev–Trinajstić information content (AvgIpc) is 2.59. The second-order valence-corrected chi connectivity index (χ2v) is 5.48. The molecule has 0 heterocycles. The lowest BCUT2D eigenvalue weighted by Crippen LogP contribution is -2.49. The average molecular weight is 363 g/mol. The van der Waals surface area contributed by atoms with Crippen molar-refractivity contribution < 1.29 is 23.9 Å². The van der Waals surface area contributed by atoms with Crippen LogP contribution in [0.1, 0.15) is 33.3 Å². The van der Waals surface area contributed by atoms with Gasteiger partial charge in [0.2, 0.25) is 0 Å². The van der Waals surface area contributed by atoms with Crippen molar-refractivity contribution >= 4 is 23.8 Å². The van der Waals surface area contributed by atoms with E-state index in [1.807, 2.05) is 19.3 Å². The molecule has 0 atom stereocenters. The van der Waals surface area contributed by atoms with E-state index in [1.54, 1.807) is 38.1 Å². The van der Waals surface area contributed by atoms with Crippen molar-refractivity contribution in [1.82, 2.24) is 16.2 Å². The number of benzene rings is 1. The van der Waals surface area contributed by atoms with E-state index >= 15 is 0 Å². The first-order chi connectivity index (χ1) is 12.4. The maximum Gasteiger partial charge on any atom is 0.327 e. The van der Waals surface area contributed by atoms with Crippen LogP contribution in [-0.4, -0.2) is 37.0 Å². The van der Waals surface area contributed by atoms with Crippen molar-refractivity contribution in [2.45, 2.75) is 33.7 Å². The highest BCUT2D eigenvalue weighted by Gasteiger charge is 2.14. The highest BCUT2D eigenvalue weighted by Crippen LogP contribution is 2.28. The minimum absolute atomic E-state index is 0.178. The zero-order valence-corrected chi connectivity index (χ0v) is 15.4. The maximum absolute atomic E-state index is 11.7. The van der Waals surface area contributed by atoms with E-state index in [0.717, 1.165) is 5.56 Å². The summed E-state index contributed by atoms with van der Waals surface area (Å²) < 4.78 is 11.0. The summed E-state index contributed by atoms with van der Waals surface area (Å²) >= 11 is 0. The van der Waals surface area contributed by atoms with Crippen molar-refractivity contribution in [3.8, 4) is 11.5 Å². The first-order valence-corrected chi connectivity index (χ1v) is 8.35. The Balaban J connectivity index is 2.63. The summed E-state index contributed by atoms with van der Waals surface area (Å²) in [6.07, 6.45) is 2.78. The van der Waals surface area contributed by atoms with Gasteiger partial charge in [-0.3, -0.25) is 25.2 Å². The van der Waals surface area contributed by atoms with E-state index in [-0.39, 0.29) is 6.04 Å². The molecule has 3 amide bonds. The quantitative estimate of drug-likeness (QED) is 0.383. The predicted octanol–water partition coefficient (Wildman–Crippen LogP) is 1.17. The molecule has 142 valence electrons. The van der Waals surface area contributed by atoms with Gasteiger partial charge in [0.1, 0.15) is 0 Å². The zero-order chi connectivity index (χ0) is 19.5. The number of hydrazine groups is 1. The van der Waals surface area contributed by atoms with Crippen LogP contribution in [0.5, 0.6) is 11.5 Å². The van der Waals surface area contributed by atoms with Crippen molar-refractivity contribution in [1.29, 1.82) is 0 Å². The number of carbonyl (C=O) groups excluding carboxylic acids is 3. The van der Waals surface area contributed by atoms with Gasteiger partial charge in [-0.05, 0) is 51.5 Å². The molecule has 26 heavy (non-hydrogen) atoms. The lowest BCUT2D eigenvalue weighted by Gasteiger charge is -2.11. The maximum atomic E-state index is 11.7. The van der Waals surface area contributed by atoms with E-state index < -0.39 is 17.7 Å². The number of ether oxygens (including phenoxy) is 2. The standard InChI is InChI=1S/C18H25N3O5/c1-5-25-14-9-7-13(11-15(14)26-6-2)8-10-16(22)20-21-18(24)17(23)19-12(3)4/h7-12H,5-6H2,1-4H3,(H,19,23)(H,20,22)(H,21,24)/b10-8+. The van der Waals surface area contributed by atoms with Crippen LogP contribution in [0.25, 0.3) is 6.08 Å². The van der Waals surface area contributed by atoms with Crippen molar-refractivity contribution in [2.75, 3.05) is 13.2 Å². The summed E-state index contributed by atoms with van der Waals surface area (Å²) in [6.45, 7) is 8.19. The third-order valence-corrected chi connectivity index (χ3v) is 2.92. The van der Waals surface area contributed by atoms with Gasteiger partial charge in [0, 0.05) is 12.1 Å². The molecule has 1 aromatic rings. The Labute approximate surface area is 152 Å². The smallest absolute Gasteiger partial charge is 0.327 e. The summed E-state index contributed by atoms with van der Waals surface area (Å²) in [6, 6.07) is 5.09. The van der Waals surface area contributed by atoms with Crippen LogP contribution >= 0.6 is 0 Å². The summed E-state index contributed by atoms with van der Waals surface area (Å²) in [4.78, 5) is 34.6. The molecule has 0 radical (unpaired) electrons. The molecule has 0 fully saturated rings. The number of hydrogen-bond acceptors (Lipinski definition) is 5. The zero-order valence-electron chi connectivity index (χ0n) is 15.4. The van der Waals surface area contributed by atoms with Crippen LogP contribution in [-0.2, 0) is 14.4 Å². The van der Waals surface area contributed by atoms with E-state index in [1.165, 1.54) is 6.08 Å². The van der Waals surface area contributed by atoms with Crippen molar-refractivity contribution in [3.05, 3.63) is 29.8 Å². The predicted molar refractivity (Wildman–Crippen MR) is 97.4 cm³/mol. The first-order valence-electron chi connectivity index (χ1n) is 8.35. The molecule has 0 saturated heterocycles. The van der Waals surface area contributed by atoms with Gasteiger partial charge in [-0.15, -0.1) is 0 Å². The molecular weight excluding hydrogens is 338 g/mol. The molecule has 0 aromatic heterocycles. The summed E-state index contributed by atoms with van der Waals surface area (Å²) in [5, 5.41) is 2.41. The van der Waals surface area contributed by atoms with Crippen LogP contribution in [0.3, 0.4) is 0 Å². The van der Waals surface area contributed by atoms with Gasteiger partial charge in [-0.1, -0.05) is 6.07 Å². The molecule has 0 unspecified atom stereocenters. The number of hydrogen-bond donors (Lipinski definition) is 3. The molecule has 8 nitrogen and oxygen atoms in total. The van der Waals surface area contributed by atoms with E-state index in [2.05, 4.69) is 10.7 Å². The fourth-order valence-corrected chi connectivity index (χ4v) is 1.89. The molecule has 1 aromatic carbocycles. The summed E-state index contributed by atoms with van der Waals surface area (Å²) in [5.41, 5.74) is 4.89.